The number of methoxy groups -OCH3 is 1. The fraction of sp³-hybridized carbons (Fsp3) is 0.333. The number of amides is 2. The van der Waals surface area contributed by atoms with Gasteiger partial charge in [0, 0.05) is 12.6 Å². The Kier molecular flexibility index (Phi) is 10.7. The molecule has 232 valence electrons. The summed E-state index contributed by atoms with van der Waals surface area (Å²) in [7, 11) is -3.10. The zero-order valence-electron chi connectivity index (χ0n) is 24.3. The Morgan fingerprint density at radius 1 is 1.00 bits per heavy atom. The molecule has 1 atom stereocenters. The number of ether oxygens (including phenoxy) is 1. The minimum absolute atomic E-state index is 0.116. The van der Waals surface area contributed by atoms with Crippen molar-refractivity contribution in [3.63, 3.8) is 0 Å². The van der Waals surface area contributed by atoms with Gasteiger partial charge in [0.2, 0.25) is 11.8 Å². The molecule has 13 heteroatoms. The van der Waals surface area contributed by atoms with Crippen LogP contribution in [0.5, 0.6) is 5.75 Å². The molecule has 0 saturated carbocycles. The predicted molar refractivity (Wildman–Crippen MR) is 158 cm³/mol. The first-order chi connectivity index (χ1) is 20.0. The largest absolute Gasteiger partial charge is 0.497 e. The molecule has 0 heterocycles. The lowest BCUT2D eigenvalue weighted by Gasteiger charge is -2.32. The van der Waals surface area contributed by atoms with Gasteiger partial charge in [-0.15, -0.1) is 0 Å². The number of hydrogen-bond donors (Lipinski definition) is 1. The molecular weight excluding hydrogens is 607 g/mol. The van der Waals surface area contributed by atoms with Gasteiger partial charge in [-0.05, 0) is 75.7 Å². The third-order valence-electron chi connectivity index (χ3n) is 6.52. The second kappa shape index (κ2) is 13.7. The van der Waals surface area contributed by atoms with Crippen LogP contribution in [0.2, 0.25) is 5.02 Å². The summed E-state index contributed by atoms with van der Waals surface area (Å²) in [6, 6.07) is 13.7. The van der Waals surface area contributed by atoms with Gasteiger partial charge >= 0.3 is 6.18 Å². The van der Waals surface area contributed by atoms with Crippen molar-refractivity contribution in [2.24, 2.45) is 0 Å². The maximum Gasteiger partial charge on any atom is 0.417 e. The number of nitrogens with zero attached hydrogens (tertiary/aromatic N) is 2. The molecule has 0 fully saturated rings. The zero-order chi connectivity index (χ0) is 32.1. The molecule has 0 aromatic heterocycles. The Labute approximate surface area is 254 Å². The van der Waals surface area contributed by atoms with Crippen LogP contribution in [-0.4, -0.2) is 50.9 Å². The van der Waals surface area contributed by atoms with Crippen LogP contribution in [0.25, 0.3) is 0 Å². The van der Waals surface area contributed by atoms with E-state index in [-0.39, 0.29) is 17.5 Å². The molecule has 0 radical (unpaired) electrons. The first-order valence-electron chi connectivity index (χ1n) is 13.2. The molecule has 0 spiro atoms. The predicted octanol–water partition coefficient (Wildman–Crippen LogP) is 5.81. The van der Waals surface area contributed by atoms with Crippen molar-refractivity contribution in [3.8, 4) is 5.75 Å². The Hall–Kier alpha value is -3.77. The molecule has 8 nitrogen and oxygen atoms in total. The SMILES string of the molecule is COc1cccc(CN(C(=O)CN(c2ccc(Cl)c(C(F)(F)F)c2)S(=O)(=O)c2ccc(C)cc2)[C@H](C)C(=O)NC(C)C)c1. The Bertz CT molecular complexity index is 1560. The van der Waals surface area contributed by atoms with Crippen molar-refractivity contribution in [1.29, 1.82) is 0 Å². The molecule has 0 aliphatic rings. The number of carbonyl (C=O) groups is 2. The first kappa shape index (κ1) is 33.7. The number of halogens is 4. The van der Waals surface area contributed by atoms with Gasteiger partial charge in [-0.25, -0.2) is 8.42 Å². The van der Waals surface area contributed by atoms with Crippen LogP contribution in [0.4, 0.5) is 18.9 Å². The highest BCUT2D eigenvalue weighted by Gasteiger charge is 2.37. The van der Waals surface area contributed by atoms with E-state index in [1.807, 2.05) is 0 Å². The number of anilines is 1. The second-order valence-electron chi connectivity index (χ2n) is 10.2. The summed E-state index contributed by atoms with van der Waals surface area (Å²) < 4.78 is 74.9. The molecule has 0 aliphatic carbocycles. The van der Waals surface area contributed by atoms with Gasteiger partial charge in [-0.3, -0.25) is 13.9 Å². The summed E-state index contributed by atoms with van der Waals surface area (Å²) in [6.45, 7) is 5.69. The third kappa shape index (κ3) is 8.41. The highest BCUT2D eigenvalue weighted by Crippen LogP contribution is 2.38. The maximum absolute atomic E-state index is 14.0. The Morgan fingerprint density at radius 3 is 2.23 bits per heavy atom. The number of benzene rings is 3. The second-order valence-corrected chi connectivity index (χ2v) is 12.5. The summed E-state index contributed by atoms with van der Waals surface area (Å²) in [5.41, 5.74) is -0.357. The summed E-state index contributed by atoms with van der Waals surface area (Å²) in [5, 5.41) is 2.10. The van der Waals surface area contributed by atoms with Crippen LogP contribution in [0.1, 0.15) is 37.5 Å². The minimum Gasteiger partial charge on any atom is -0.497 e. The van der Waals surface area contributed by atoms with Crippen molar-refractivity contribution < 1.29 is 35.9 Å². The van der Waals surface area contributed by atoms with Crippen LogP contribution in [0, 0.1) is 6.92 Å². The van der Waals surface area contributed by atoms with E-state index in [1.54, 1.807) is 45.0 Å². The van der Waals surface area contributed by atoms with Gasteiger partial charge in [0.05, 0.1) is 28.3 Å². The summed E-state index contributed by atoms with van der Waals surface area (Å²) >= 11 is 5.81. The molecule has 0 saturated heterocycles. The number of alkyl halides is 3. The monoisotopic (exact) mass is 639 g/mol. The highest BCUT2D eigenvalue weighted by molar-refractivity contribution is 7.92. The molecule has 3 rings (SSSR count). The number of hydrogen-bond acceptors (Lipinski definition) is 5. The van der Waals surface area contributed by atoms with Gasteiger partial charge < -0.3 is 15.0 Å². The van der Waals surface area contributed by atoms with Crippen molar-refractivity contribution in [2.45, 2.75) is 57.4 Å². The van der Waals surface area contributed by atoms with Gasteiger partial charge in [-0.2, -0.15) is 13.2 Å². The van der Waals surface area contributed by atoms with E-state index in [0.717, 1.165) is 17.7 Å². The van der Waals surface area contributed by atoms with Crippen LogP contribution < -0.4 is 14.4 Å². The molecule has 1 N–H and O–H groups in total. The van der Waals surface area contributed by atoms with E-state index in [9.17, 15) is 31.2 Å². The van der Waals surface area contributed by atoms with Crippen LogP contribution >= 0.6 is 11.6 Å². The van der Waals surface area contributed by atoms with E-state index in [4.69, 9.17) is 16.3 Å². The zero-order valence-corrected chi connectivity index (χ0v) is 25.8. The van der Waals surface area contributed by atoms with Gasteiger partial charge in [0.15, 0.2) is 0 Å². The Balaban J connectivity index is 2.13. The van der Waals surface area contributed by atoms with E-state index < -0.39 is 56.9 Å². The standard InChI is InChI=1S/C30H33ClF3N3O5S/c1-19(2)35-29(39)21(4)36(17-22-7-6-8-24(15-22)42-5)28(38)18-37(43(40,41)25-12-9-20(3)10-13-25)23-11-14-27(31)26(16-23)30(32,33)34/h6-16,19,21H,17-18H2,1-5H3,(H,35,39)/t21-/m1/s1. The topological polar surface area (TPSA) is 96.0 Å². The fourth-order valence-electron chi connectivity index (χ4n) is 4.21. The lowest BCUT2D eigenvalue weighted by atomic mass is 10.1. The summed E-state index contributed by atoms with van der Waals surface area (Å²) in [5.74, 6) is -0.827. The third-order valence-corrected chi connectivity index (χ3v) is 8.63. The molecule has 0 aliphatic heterocycles. The highest BCUT2D eigenvalue weighted by atomic mass is 35.5. The van der Waals surface area contributed by atoms with Crippen molar-refractivity contribution >= 4 is 39.1 Å². The molecular formula is C30H33ClF3N3O5S. The average Bonchev–Trinajstić information content (AvgIpc) is 2.93. The van der Waals surface area contributed by atoms with Crippen molar-refractivity contribution in [3.05, 3.63) is 88.4 Å². The number of nitrogens with one attached hydrogen (secondary N) is 1. The van der Waals surface area contributed by atoms with Crippen LogP contribution in [-0.2, 0) is 32.3 Å². The maximum atomic E-state index is 14.0. The normalized spacial score (nSPS) is 12.5. The first-order valence-corrected chi connectivity index (χ1v) is 15.0. The van der Waals surface area contributed by atoms with Gasteiger partial charge in [0.1, 0.15) is 18.3 Å². The van der Waals surface area contributed by atoms with E-state index in [2.05, 4.69) is 5.32 Å². The molecule has 3 aromatic rings. The molecule has 3 aromatic carbocycles. The number of rotatable bonds is 11. The lowest BCUT2D eigenvalue weighted by molar-refractivity contribution is -0.139. The fourth-order valence-corrected chi connectivity index (χ4v) is 5.84. The summed E-state index contributed by atoms with van der Waals surface area (Å²) in [6.07, 6.45) is -4.89. The van der Waals surface area contributed by atoms with Crippen LogP contribution in [0.15, 0.2) is 71.6 Å². The van der Waals surface area contributed by atoms with Crippen LogP contribution in [0.3, 0.4) is 0 Å². The Morgan fingerprint density at radius 2 is 1.65 bits per heavy atom. The molecule has 0 unspecified atom stereocenters. The number of carbonyl (C=O) groups excluding carboxylic acids is 2. The minimum atomic E-state index is -4.89. The quantitative estimate of drug-likeness (QED) is 0.286. The van der Waals surface area contributed by atoms with Gasteiger partial charge in [-0.1, -0.05) is 41.4 Å². The molecule has 2 amide bonds. The van der Waals surface area contributed by atoms with Gasteiger partial charge in [0.25, 0.3) is 10.0 Å². The number of sulfonamides is 1. The number of aryl methyl sites for hydroxylation is 1. The van der Waals surface area contributed by atoms with Crippen molar-refractivity contribution in [2.75, 3.05) is 18.0 Å². The average molecular weight is 640 g/mol. The van der Waals surface area contributed by atoms with Crippen molar-refractivity contribution in [1.82, 2.24) is 10.2 Å². The molecule has 43 heavy (non-hydrogen) atoms. The lowest BCUT2D eigenvalue weighted by Crippen LogP contribution is -2.52. The van der Waals surface area contributed by atoms with E-state index in [0.29, 0.717) is 21.7 Å². The smallest absolute Gasteiger partial charge is 0.417 e. The van der Waals surface area contributed by atoms with E-state index >= 15 is 0 Å². The molecule has 0 bridgehead atoms. The summed E-state index contributed by atoms with van der Waals surface area (Å²) in [4.78, 5) is 27.9. The van der Waals surface area contributed by atoms with E-state index in [1.165, 1.54) is 43.2 Å².